The summed E-state index contributed by atoms with van der Waals surface area (Å²) in [5, 5.41) is 17.3. The lowest BCUT2D eigenvalue weighted by atomic mass is 9.94. The molecule has 0 radical (unpaired) electrons. The van der Waals surface area contributed by atoms with Gasteiger partial charge >= 0.3 is 0 Å². The summed E-state index contributed by atoms with van der Waals surface area (Å²) in [6.07, 6.45) is 4.10. The van der Waals surface area contributed by atoms with Gasteiger partial charge in [0.25, 0.3) is 0 Å². The van der Waals surface area contributed by atoms with Gasteiger partial charge in [0.2, 0.25) is 0 Å². The fourth-order valence-corrected chi connectivity index (χ4v) is 1.11. The maximum atomic E-state index is 8.76. The van der Waals surface area contributed by atoms with Gasteiger partial charge < -0.3 is 0 Å². The third kappa shape index (κ3) is 3.21. The number of allylic oxidation sites excluding steroid dienone is 2. The Kier molecular flexibility index (Phi) is 5.75. The van der Waals surface area contributed by atoms with Crippen LogP contribution in [0.3, 0.4) is 0 Å². The summed E-state index contributed by atoms with van der Waals surface area (Å²) >= 11 is 0. The molecule has 0 aromatic heterocycles. The number of hydrogen-bond donors (Lipinski definition) is 0. The van der Waals surface area contributed by atoms with E-state index >= 15 is 0 Å². The van der Waals surface area contributed by atoms with E-state index in [4.69, 9.17) is 10.5 Å². The lowest BCUT2D eigenvalue weighted by Gasteiger charge is -2.08. The Balaban J connectivity index is 4.38. The van der Waals surface area contributed by atoms with E-state index in [0.717, 1.165) is 18.4 Å². The highest BCUT2D eigenvalue weighted by atomic mass is 14.3. The van der Waals surface area contributed by atoms with Crippen LogP contribution in [0.1, 0.15) is 33.1 Å². The van der Waals surface area contributed by atoms with E-state index in [2.05, 4.69) is 12.1 Å². The molecule has 0 saturated carbocycles. The molecule has 0 N–H and O–H groups in total. The van der Waals surface area contributed by atoms with Crippen molar-refractivity contribution in [3.05, 3.63) is 11.6 Å². The number of hydrogen-bond acceptors (Lipinski definition) is 2. The molecule has 0 spiro atoms. The van der Waals surface area contributed by atoms with Crippen molar-refractivity contribution in [2.75, 3.05) is 0 Å². The van der Waals surface area contributed by atoms with Crippen molar-refractivity contribution in [3.8, 4) is 12.1 Å². The molecule has 0 amide bonds. The average Bonchev–Trinajstić information content (AvgIpc) is 2.11. The Morgan fingerprint density at radius 1 is 1.42 bits per heavy atom. The Morgan fingerprint density at radius 3 is 2.42 bits per heavy atom. The van der Waals surface area contributed by atoms with Crippen LogP contribution >= 0.6 is 0 Å². The number of nitriles is 2. The van der Waals surface area contributed by atoms with Crippen molar-refractivity contribution < 1.29 is 0 Å². The third-order valence-corrected chi connectivity index (χ3v) is 1.82. The highest BCUT2D eigenvalue weighted by Gasteiger charge is 2.10. The average molecular weight is 162 g/mol. The van der Waals surface area contributed by atoms with Gasteiger partial charge in [0.1, 0.15) is 0 Å². The quantitative estimate of drug-likeness (QED) is 0.597. The zero-order valence-corrected chi connectivity index (χ0v) is 7.67. The summed E-state index contributed by atoms with van der Waals surface area (Å²) in [5.41, 5.74) is 0.765. The summed E-state index contributed by atoms with van der Waals surface area (Å²) < 4.78 is 0. The highest BCUT2D eigenvalue weighted by Crippen LogP contribution is 2.18. The molecule has 0 fully saturated rings. The first kappa shape index (κ1) is 10.7. The minimum absolute atomic E-state index is 0.139. The summed E-state index contributed by atoms with van der Waals surface area (Å²) in [4.78, 5) is 0. The van der Waals surface area contributed by atoms with Crippen molar-refractivity contribution in [1.29, 1.82) is 10.5 Å². The molecule has 0 aliphatic heterocycles. The SMILES string of the molecule is CC/C=C(/C#N)C(CC)CC#N. The largest absolute Gasteiger partial charge is 0.198 e. The Morgan fingerprint density at radius 2 is 2.08 bits per heavy atom. The molecule has 0 aliphatic rings. The molecule has 0 saturated heterocycles. The summed E-state index contributed by atoms with van der Waals surface area (Å²) in [6, 6.07) is 4.25. The minimum Gasteiger partial charge on any atom is -0.198 e. The Bertz CT molecular complexity index is 227. The van der Waals surface area contributed by atoms with Gasteiger partial charge in [-0.05, 0) is 12.8 Å². The first-order valence-corrected chi connectivity index (χ1v) is 4.27. The van der Waals surface area contributed by atoms with E-state index in [9.17, 15) is 0 Å². The molecular formula is C10H14N2. The molecule has 64 valence electrons. The lowest BCUT2D eigenvalue weighted by Crippen LogP contribution is -2.00. The molecule has 0 heterocycles. The van der Waals surface area contributed by atoms with Gasteiger partial charge in [-0.15, -0.1) is 0 Å². The predicted octanol–water partition coefficient (Wildman–Crippen LogP) is 2.79. The highest BCUT2D eigenvalue weighted by molar-refractivity contribution is 5.24. The molecule has 1 atom stereocenters. The molecule has 0 aliphatic carbocycles. The van der Waals surface area contributed by atoms with Crippen LogP contribution in [0.5, 0.6) is 0 Å². The van der Waals surface area contributed by atoms with Gasteiger partial charge in [-0.1, -0.05) is 19.9 Å². The van der Waals surface area contributed by atoms with Gasteiger partial charge in [0, 0.05) is 17.9 Å². The summed E-state index contributed by atoms with van der Waals surface area (Å²) in [7, 11) is 0. The molecule has 0 aromatic carbocycles. The summed E-state index contributed by atoms with van der Waals surface area (Å²) in [6.45, 7) is 4.00. The second kappa shape index (κ2) is 6.43. The van der Waals surface area contributed by atoms with Crippen LogP contribution < -0.4 is 0 Å². The molecule has 0 bridgehead atoms. The van der Waals surface area contributed by atoms with Crippen molar-refractivity contribution in [3.63, 3.8) is 0 Å². The monoisotopic (exact) mass is 162 g/mol. The topological polar surface area (TPSA) is 47.6 Å². The van der Waals surface area contributed by atoms with Crippen molar-refractivity contribution in [1.82, 2.24) is 0 Å². The first-order valence-electron chi connectivity index (χ1n) is 4.27. The van der Waals surface area contributed by atoms with Gasteiger partial charge in [0.15, 0.2) is 0 Å². The van der Waals surface area contributed by atoms with E-state index in [1.165, 1.54) is 0 Å². The zero-order chi connectivity index (χ0) is 9.40. The van der Waals surface area contributed by atoms with Crippen LogP contribution in [0.2, 0.25) is 0 Å². The zero-order valence-electron chi connectivity index (χ0n) is 7.67. The molecule has 12 heavy (non-hydrogen) atoms. The standard InChI is InChI=1S/C10H14N2/c1-3-5-10(8-12)9(4-2)6-7-11/h5,9H,3-4,6H2,1-2H3/b10-5-. The van der Waals surface area contributed by atoms with Crippen molar-refractivity contribution >= 4 is 0 Å². The van der Waals surface area contributed by atoms with E-state index in [1.54, 1.807) is 0 Å². The van der Waals surface area contributed by atoms with E-state index in [1.807, 2.05) is 19.9 Å². The maximum absolute atomic E-state index is 8.76. The molecule has 0 aromatic rings. The maximum Gasteiger partial charge on any atom is 0.0947 e. The van der Waals surface area contributed by atoms with Crippen LogP contribution in [0.4, 0.5) is 0 Å². The van der Waals surface area contributed by atoms with Crippen LogP contribution in [0.25, 0.3) is 0 Å². The van der Waals surface area contributed by atoms with Gasteiger partial charge in [-0.3, -0.25) is 0 Å². The van der Waals surface area contributed by atoms with Gasteiger partial charge in [0.05, 0.1) is 12.1 Å². The molecule has 0 rings (SSSR count). The molecule has 2 heteroatoms. The van der Waals surface area contributed by atoms with Crippen molar-refractivity contribution in [2.24, 2.45) is 5.92 Å². The fourth-order valence-electron chi connectivity index (χ4n) is 1.11. The van der Waals surface area contributed by atoms with E-state index in [-0.39, 0.29) is 5.92 Å². The second-order valence-electron chi connectivity index (χ2n) is 2.65. The smallest absolute Gasteiger partial charge is 0.0947 e. The Labute approximate surface area is 74.1 Å². The van der Waals surface area contributed by atoms with Crippen LogP contribution in [-0.4, -0.2) is 0 Å². The summed E-state index contributed by atoms with van der Waals surface area (Å²) in [5.74, 6) is 0.139. The van der Waals surface area contributed by atoms with E-state index < -0.39 is 0 Å². The molecule has 1 unspecified atom stereocenters. The third-order valence-electron chi connectivity index (χ3n) is 1.82. The molecular weight excluding hydrogens is 148 g/mol. The first-order chi connectivity index (χ1) is 5.79. The predicted molar refractivity (Wildman–Crippen MR) is 48.0 cm³/mol. The van der Waals surface area contributed by atoms with Gasteiger partial charge in [-0.25, -0.2) is 0 Å². The fraction of sp³-hybridized carbons (Fsp3) is 0.600. The second-order valence-corrected chi connectivity index (χ2v) is 2.65. The normalized spacial score (nSPS) is 13.2. The Hall–Kier alpha value is -1.28. The minimum atomic E-state index is 0.139. The van der Waals surface area contributed by atoms with Gasteiger partial charge in [-0.2, -0.15) is 10.5 Å². The molecule has 2 nitrogen and oxygen atoms in total. The van der Waals surface area contributed by atoms with Crippen LogP contribution in [-0.2, 0) is 0 Å². The van der Waals surface area contributed by atoms with E-state index in [0.29, 0.717) is 6.42 Å². The van der Waals surface area contributed by atoms with Crippen LogP contribution in [0.15, 0.2) is 11.6 Å². The van der Waals surface area contributed by atoms with Crippen LogP contribution in [0, 0.1) is 28.6 Å². The lowest BCUT2D eigenvalue weighted by molar-refractivity contribution is 0.619. The number of nitrogens with zero attached hydrogens (tertiary/aromatic N) is 2. The van der Waals surface area contributed by atoms with Crippen molar-refractivity contribution in [2.45, 2.75) is 33.1 Å². The number of rotatable bonds is 4.